The molecule has 2 aromatic carbocycles. The van der Waals surface area contributed by atoms with Crippen LogP contribution in [0.4, 0.5) is 11.4 Å². The van der Waals surface area contributed by atoms with Crippen molar-refractivity contribution >= 4 is 77.8 Å². The van der Waals surface area contributed by atoms with Gasteiger partial charge in [-0.25, -0.2) is 21.6 Å². The van der Waals surface area contributed by atoms with E-state index in [1.807, 2.05) is 50.4 Å². The lowest BCUT2D eigenvalue weighted by Gasteiger charge is -2.31. The Bertz CT molecular complexity index is 2200. The third-order valence-corrected chi connectivity index (χ3v) is 10.9. The molecule has 1 aliphatic carbocycles. The first kappa shape index (κ1) is 35.0. The van der Waals surface area contributed by atoms with E-state index >= 15 is 0 Å². The number of carboxylic acids is 1. The number of isothiocyanates is 1. The fourth-order valence-corrected chi connectivity index (χ4v) is 8.67. The van der Waals surface area contributed by atoms with Crippen LogP contribution in [0.2, 0.25) is 0 Å². The van der Waals surface area contributed by atoms with Gasteiger partial charge in [0.25, 0.3) is 0 Å². The second kappa shape index (κ2) is 14.4. The van der Waals surface area contributed by atoms with Crippen molar-refractivity contribution in [2.75, 3.05) is 30.2 Å². The van der Waals surface area contributed by atoms with Gasteiger partial charge in [-0.2, -0.15) is 9.56 Å². The first-order valence-electron chi connectivity index (χ1n) is 15.1. The van der Waals surface area contributed by atoms with Gasteiger partial charge >= 0.3 is 5.97 Å². The Morgan fingerprint density at radius 2 is 1.90 bits per heavy atom. The molecule has 1 aromatic heterocycles. The Kier molecular flexibility index (Phi) is 10.5. The summed E-state index contributed by atoms with van der Waals surface area (Å²) in [4.78, 5) is 17.2. The maximum atomic E-state index is 13.0. The van der Waals surface area contributed by atoms with Crippen LogP contribution in [0.15, 0.2) is 88.1 Å². The van der Waals surface area contributed by atoms with Gasteiger partial charge in [0, 0.05) is 41.6 Å². The van der Waals surface area contributed by atoms with Crippen molar-refractivity contribution in [1.29, 1.82) is 0 Å². The molecular weight excluding hydrogens is 673 g/mol. The number of aromatic nitrogens is 1. The molecule has 0 fully saturated rings. The van der Waals surface area contributed by atoms with Crippen LogP contribution in [0.3, 0.4) is 0 Å². The number of hydrogen-bond donors (Lipinski definition) is 2. The van der Waals surface area contributed by atoms with E-state index in [0.29, 0.717) is 36.6 Å². The fourth-order valence-electron chi connectivity index (χ4n) is 5.88. The van der Waals surface area contributed by atoms with Crippen molar-refractivity contribution in [3.05, 3.63) is 99.9 Å². The summed E-state index contributed by atoms with van der Waals surface area (Å²) in [5.74, 6) is -1.83. The molecule has 0 unspecified atom stereocenters. The molecule has 250 valence electrons. The van der Waals surface area contributed by atoms with E-state index in [4.69, 9.17) is 17.0 Å². The van der Waals surface area contributed by atoms with Crippen LogP contribution >= 0.6 is 12.2 Å². The minimum atomic E-state index is -4.36. The zero-order valence-corrected chi connectivity index (χ0v) is 29.1. The molecule has 48 heavy (non-hydrogen) atoms. The number of sulfonamides is 2. The maximum Gasteiger partial charge on any atom is 0.335 e. The topological polar surface area (TPSA) is 146 Å². The third kappa shape index (κ3) is 8.21. The van der Waals surface area contributed by atoms with Crippen molar-refractivity contribution in [2.45, 2.75) is 26.2 Å². The van der Waals surface area contributed by atoms with E-state index in [0.717, 1.165) is 58.1 Å². The Morgan fingerprint density at radius 1 is 1.10 bits per heavy atom. The van der Waals surface area contributed by atoms with Crippen molar-refractivity contribution in [1.82, 2.24) is 4.13 Å². The average Bonchev–Trinajstić information content (AvgIpc) is 3.01. The summed E-state index contributed by atoms with van der Waals surface area (Å²) in [7, 11) is -6.44. The van der Waals surface area contributed by atoms with Gasteiger partial charge in [-0.3, -0.25) is 0 Å². The quantitative estimate of drug-likeness (QED) is 0.155. The lowest BCUT2D eigenvalue weighted by atomic mass is 9.86. The molecule has 3 aromatic rings. The number of aryl methyl sites for hydroxylation is 1. The predicted molar refractivity (Wildman–Crippen MR) is 190 cm³/mol. The third-order valence-electron chi connectivity index (χ3n) is 8.02. The van der Waals surface area contributed by atoms with Crippen LogP contribution in [-0.2, 0) is 31.8 Å². The lowest BCUT2D eigenvalue weighted by molar-refractivity contribution is -0.646. The summed E-state index contributed by atoms with van der Waals surface area (Å²) in [6.45, 7) is 2.76. The van der Waals surface area contributed by atoms with E-state index in [1.165, 1.54) is 23.1 Å². The molecule has 11 nitrogen and oxygen atoms in total. The molecule has 0 saturated carbocycles. The van der Waals surface area contributed by atoms with E-state index in [9.17, 15) is 26.7 Å². The average molecular weight is 708 g/mol. The molecule has 2 N–H and O–H groups in total. The second-order valence-electron chi connectivity index (χ2n) is 11.4. The summed E-state index contributed by atoms with van der Waals surface area (Å²) in [6.07, 6.45) is 10.6. The number of rotatable bonds is 11. The Balaban J connectivity index is 1.62. The zero-order chi connectivity index (χ0) is 34.6. The summed E-state index contributed by atoms with van der Waals surface area (Å²) in [5.41, 5.74) is 7.19. The van der Waals surface area contributed by atoms with Gasteiger partial charge in [0.1, 0.15) is 12.9 Å². The molecule has 5 rings (SSSR count). The summed E-state index contributed by atoms with van der Waals surface area (Å²) >= 11 is 4.75. The number of carboxylic acid groups (broad SMARTS) is 1. The second-order valence-corrected chi connectivity index (χ2v) is 15.3. The van der Waals surface area contributed by atoms with Gasteiger partial charge in [-0.1, -0.05) is 6.08 Å². The number of thiocarbonyl (C=S) groups is 1. The van der Waals surface area contributed by atoms with Crippen LogP contribution in [0, 0.1) is 0 Å². The Hall–Kier alpha value is -4.30. The number of carbonyl (C=O) groups is 1. The van der Waals surface area contributed by atoms with Gasteiger partial charge in [0.15, 0.2) is 0 Å². The molecule has 2 aliphatic rings. The number of ether oxygens (including phenoxy) is 1. The van der Waals surface area contributed by atoms with Crippen molar-refractivity contribution in [2.24, 2.45) is 12.0 Å². The number of hydrogen-bond acceptors (Lipinski definition) is 9. The van der Waals surface area contributed by atoms with E-state index in [1.54, 1.807) is 16.3 Å². The van der Waals surface area contributed by atoms with E-state index in [-0.39, 0.29) is 5.56 Å². The minimum Gasteiger partial charge on any atom is -0.478 e. The molecule has 0 spiro atoms. The molecule has 0 amide bonds. The monoisotopic (exact) mass is 707 g/mol. The van der Waals surface area contributed by atoms with Crippen molar-refractivity contribution in [3.8, 4) is 0 Å². The smallest absolute Gasteiger partial charge is 0.335 e. The number of aliphatic imine (C=N–C) groups is 1. The standard InChI is InChI=1S/C34H34N4O7S3/c1-4-45-20-31-23(18-29-12-8-26-17-28(35-21-46)11-15-32(26)37(29)2)6-5-7-24(31)19-30-13-9-25-16-27(34(39)40)10-14-33(25)38(30)22-48(43,44)36-47(3,41)42/h8-19,36H,4-7,20,22H2,1-3H3/p+1. The normalized spacial score (nSPS) is 16.8. The first-order chi connectivity index (χ1) is 22.8. The number of fused-ring (bicyclic) bond motifs is 2. The number of nitrogens with one attached hydrogen (secondary N) is 1. The minimum absolute atomic E-state index is 0.0393. The van der Waals surface area contributed by atoms with Crippen LogP contribution < -0.4 is 13.6 Å². The number of anilines is 1. The summed E-state index contributed by atoms with van der Waals surface area (Å²) < 4.78 is 59.6. The zero-order valence-electron chi connectivity index (χ0n) is 26.6. The number of pyridine rings is 1. The van der Waals surface area contributed by atoms with E-state index in [2.05, 4.69) is 20.8 Å². The molecule has 2 heterocycles. The van der Waals surface area contributed by atoms with Crippen LogP contribution in [0.5, 0.6) is 0 Å². The largest absolute Gasteiger partial charge is 0.478 e. The predicted octanol–water partition coefficient (Wildman–Crippen LogP) is 5.25. The number of allylic oxidation sites excluding steroid dienone is 3. The lowest BCUT2D eigenvalue weighted by Crippen LogP contribution is -2.39. The van der Waals surface area contributed by atoms with Gasteiger partial charge < -0.3 is 14.7 Å². The molecule has 0 radical (unpaired) electrons. The van der Waals surface area contributed by atoms with Gasteiger partial charge in [-0.15, -0.1) is 4.13 Å². The fraction of sp³-hybridized carbons (Fsp3) is 0.265. The highest BCUT2D eigenvalue weighted by atomic mass is 32.3. The number of nitrogens with zero attached hydrogens (tertiary/aromatic N) is 3. The molecule has 14 heteroatoms. The van der Waals surface area contributed by atoms with Gasteiger partial charge in [0.2, 0.25) is 31.3 Å². The van der Waals surface area contributed by atoms with Crippen molar-refractivity contribution < 1.29 is 36.0 Å². The molecule has 1 aliphatic heterocycles. The highest BCUT2D eigenvalue weighted by Crippen LogP contribution is 2.37. The van der Waals surface area contributed by atoms with Crippen LogP contribution in [0.1, 0.15) is 47.8 Å². The molecule has 0 saturated heterocycles. The highest BCUT2D eigenvalue weighted by Gasteiger charge is 2.28. The number of aromatic carboxylic acids is 1. The Morgan fingerprint density at radius 3 is 2.60 bits per heavy atom. The van der Waals surface area contributed by atoms with Gasteiger partial charge in [-0.05, 0) is 109 Å². The van der Waals surface area contributed by atoms with E-state index < -0.39 is 31.9 Å². The molecule has 0 bridgehead atoms. The number of benzene rings is 2. The maximum absolute atomic E-state index is 13.0. The molecular formula is C34H35N4O7S3+. The summed E-state index contributed by atoms with van der Waals surface area (Å²) in [5, 5.41) is 12.9. The first-order valence-corrected chi connectivity index (χ1v) is 19.0. The van der Waals surface area contributed by atoms with Crippen LogP contribution in [0.25, 0.3) is 23.1 Å². The van der Waals surface area contributed by atoms with Gasteiger partial charge in [0.05, 0.1) is 29.3 Å². The molecule has 0 atom stereocenters. The summed E-state index contributed by atoms with van der Waals surface area (Å²) in [6, 6.07) is 14.3. The SMILES string of the molecule is CCOCC1=C(C=C2C=Cc3cc(C(=O)O)ccc3N2CS(=O)(=O)NS(C)(=O)=O)CCCC1=Cc1ccc2cc(N=C=S)ccc2[n+]1C. The highest BCUT2D eigenvalue weighted by molar-refractivity contribution is 8.04. The van der Waals surface area contributed by atoms with Crippen molar-refractivity contribution in [3.63, 3.8) is 0 Å². The Labute approximate surface area is 285 Å². The van der Waals surface area contributed by atoms with Crippen LogP contribution in [-0.4, -0.2) is 58.4 Å².